The van der Waals surface area contributed by atoms with Crippen LogP contribution in [0.25, 0.3) is 0 Å². The minimum absolute atomic E-state index is 0.380. The molecule has 1 aromatic rings. The number of benzene rings is 1. The number of fused-ring (bicyclic) bond motifs is 1. The molecule has 0 fully saturated rings. The summed E-state index contributed by atoms with van der Waals surface area (Å²) in [6.07, 6.45) is 1.90. The van der Waals surface area contributed by atoms with Crippen LogP contribution in [0, 0.1) is 0 Å². The van der Waals surface area contributed by atoms with Crippen LogP contribution in [0.5, 0.6) is 0 Å². The van der Waals surface area contributed by atoms with Crippen LogP contribution in [-0.4, -0.2) is 23.6 Å². The second kappa shape index (κ2) is 4.78. The van der Waals surface area contributed by atoms with Crippen LogP contribution in [0.4, 0.5) is 5.69 Å². The third kappa shape index (κ3) is 1.89. The van der Waals surface area contributed by atoms with Gasteiger partial charge in [0.25, 0.3) is 11.7 Å². The molecule has 1 aromatic carbocycles. The average molecular weight is 282 g/mol. The van der Waals surface area contributed by atoms with Gasteiger partial charge in [-0.2, -0.15) is 0 Å². The molecule has 0 N–H and O–H groups in total. The monoisotopic (exact) mass is 281 g/mol. The maximum absolute atomic E-state index is 11.7. The number of hydrogen-bond acceptors (Lipinski definition) is 2. The van der Waals surface area contributed by atoms with Gasteiger partial charge in [0.05, 0.1) is 11.3 Å². The van der Waals surface area contributed by atoms with Crippen molar-refractivity contribution in [1.82, 2.24) is 0 Å². The van der Waals surface area contributed by atoms with Crippen molar-refractivity contribution in [3.63, 3.8) is 0 Å². The third-order valence-corrected chi connectivity index (χ3v) is 3.20. The van der Waals surface area contributed by atoms with Crippen LogP contribution in [0.2, 0.25) is 0 Å². The summed E-state index contributed by atoms with van der Waals surface area (Å²) in [5.74, 6) is -0.773. The smallest absolute Gasteiger partial charge is 0.299 e. The van der Waals surface area contributed by atoms with Crippen molar-refractivity contribution in [2.45, 2.75) is 12.8 Å². The van der Waals surface area contributed by atoms with Crippen molar-refractivity contribution in [3.05, 3.63) is 29.8 Å². The van der Waals surface area contributed by atoms with Gasteiger partial charge in [0.2, 0.25) is 0 Å². The molecule has 0 aliphatic carbocycles. The van der Waals surface area contributed by atoms with Crippen molar-refractivity contribution in [1.29, 1.82) is 0 Å². The van der Waals surface area contributed by atoms with Gasteiger partial charge in [0.15, 0.2) is 0 Å². The summed E-state index contributed by atoms with van der Waals surface area (Å²) in [6.45, 7) is 0.618. The number of hydrogen-bond donors (Lipinski definition) is 0. The van der Waals surface area contributed by atoms with E-state index in [4.69, 9.17) is 0 Å². The molecule has 0 atom stereocenters. The Morgan fingerprint density at radius 2 is 1.88 bits per heavy atom. The van der Waals surface area contributed by atoms with Gasteiger partial charge < -0.3 is 4.90 Å². The molecule has 1 heterocycles. The highest BCUT2D eigenvalue weighted by Gasteiger charge is 2.34. The van der Waals surface area contributed by atoms with Gasteiger partial charge in [-0.1, -0.05) is 28.1 Å². The van der Waals surface area contributed by atoms with E-state index in [1.165, 1.54) is 0 Å². The molecule has 0 aromatic heterocycles. The fourth-order valence-corrected chi connectivity index (χ4v) is 2.23. The van der Waals surface area contributed by atoms with Crippen LogP contribution >= 0.6 is 15.9 Å². The Morgan fingerprint density at radius 3 is 2.62 bits per heavy atom. The maximum Gasteiger partial charge on any atom is 0.299 e. The fraction of sp³-hybridized carbons (Fsp3) is 0.333. The number of para-hydroxylation sites is 1. The molecular formula is C12H12BrNO2. The molecule has 1 aliphatic rings. The first-order valence-electron chi connectivity index (χ1n) is 5.27. The number of Topliss-reactive ketones (excluding diaryl/α,β-unsaturated/α-hetero) is 1. The molecule has 0 unspecified atom stereocenters. The van der Waals surface area contributed by atoms with Crippen LogP contribution in [0.15, 0.2) is 24.3 Å². The highest BCUT2D eigenvalue weighted by atomic mass is 79.9. The van der Waals surface area contributed by atoms with E-state index >= 15 is 0 Å². The molecule has 4 heteroatoms. The van der Waals surface area contributed by atoms with E-state index in [0.29, 0.717) is 12.1 Å². The summed E-state index contributed by atoms with van der Waals surface area (Å²) < 4.78 is 0. The van der Waals surface area contributed by atoms with Gasteiger partial charge in [0, 0.05) is 11.9 Å². The molecule has 1 aliphatic heterocycles. The normalized spacial score (nSPS) is 14.4. The summed E-state index contributed by atoms with van der Waals surface area (Å²) in [6, 6.07) is 7.17. The summed E-state index contributed by atoms with van der Waals surface area (Å²) in [4.78, 5) is 24.9. The van der Waals surface area contributed by atoms with E-state index in [0.717, 1.165) is 23.9 Å². The van der Waals surface area contributed by atoms with Crippen molar-refractivity contribution in [2.75, 3.05) is 16.8 Å². The van der Waals surface area contributed by atoms with Gasteiger partial charge in [-0.05, 0) is 25.0 Å². The Bertz CT molecular complexity index is 431. The van der Waals surface area contributed by atoms with Crippen molar-refractivity contribution in [3.8, 4) is 0 Å². The van der Waals surface area contributed by atoms with Crippen LogP contribution < -0.4 is 4.90 Å². The molecular weight excluding hydrogens is 270 g/mol. The number of halogens is 1. The largest absolute Gasteiger partial charge is 0.305 e. The summed E-state index contributed by atoms with van der Waals surface area (Å²) in [5.41, 5.74) is 1.29. The topological polar surface area (TPSA) is 37.4 Å². The van der Waals surface area contributed by atoms with Gasteiger partial charge >= 0.3 is 0 Å². The lowest BCUT2D eigenvalue weighted by Gasteiger charge is -2.15. The minimum Gasteiger partial charge on any atom is -0.305 e. The average Bonchev–Trinajstić information content (AvgIpc) is 2.55. The van der Waals surface area contributed by atoms with Crippen molar-refractivity contribution in [2.24, 2.45) is 0 Å². The third-order valence-electron chi connectivity index (χ3n) is 2.64. The molecule has 84 valence electrons. The molecule has 0 spiro atoms. The van der Waals surface area contributed by atoms with E-state index in [-0.39, 0.29) is 5.78 Å². The predicted molar refractivity (Wildman–Crippen MR) is 66.2 cm³/mol. The second-order valence-corrected chi connectivity index (χ2v) is 4.49. The zero-order valence-corrected chi connectivity index (χ0v) is 10.4. The number of nitrogens with zero attached hydrogens (tertiary/aromatic N) is 1. The van der Waals surface area contributed by atoms with Crippen LogP contribution in [0.3, 0.4) is 0 Å². The van der Waals surface area contributed by atoms with E-state index in [1.54, 1.807) is 17.0 Å². The number of alkyl halides is 1. The van der Waals surface area contributed by atoms with E-state index in [1.807, 2.05) is 12.1 Å². The summed E-state index contributed by atoms with van der Waals surface area (Å²) in [7, 11) is 0. The van der Waals surface area contributed by atoms with Gasteiger partial charge in [-0.15, -0.1) is 0 Å². The molecule has 16 heavy (non-hydrogen) atoms. The van der Waals surface area contributed by atoms with E-state index in [2.05, 4.69) is 15.9 Å². The Balaban J connectivity index is 2.20. The fourth-order valence-electron chi connectivity index (χ4n) is 1.83. The Hall–Kier alpha value is -1.16. The molecule has 0 saturated heterocycles. The lowest BCUT2D eigenvalue weighted by molar-refractivity contribution is -0.114. The second-order valence-electron chi connectivity index (χ2n) is 3.70. The highest BCUT2D eigenvalue weighted by Crippen LogP contribution is 2.28. The zero-order valence-electron chi connectivity index (χ0n) is 8.78. The van der Waals surface area contributed by atoms with Crippen molar-refractivity contribution >= 4 is 33.3 Å². The maximum atomic E-state index is 11.7. The number of ketones is 1. The van der Waals surface area contributed by atoms with E-state index < -0.39 is 5.91 Å². The Kier molecular flexibility index (Phi) is 3.39. The standard InChI is InChI=1S/C12H12BrNO2/c13-7-3-4-8-14-10-6-2-1-5-9(10)11(15)12(14)16/h1-2,5-6H,3-4,7-8H2. The van der Waals surface area contributed by atoms with Crippen LogP contribution in [-0.2, 0) is 4.79 Å². The lowest BCUT2D eigenvalue weighted by Crippen LogP contribution is -2.30. The Morgan fingerprint density at radius 1 is 1.12 bits per heavy atom. The van der Waals surface area contributed by atoms with E-state index in [9.17, 15) is 9.59 Å². The SMILES string of the molecule is O=C1C(=O)N(CCCCBr)c2ccccc21. The number of anilines is 1. The van der Waals surface area contributed by atoms with Crippen molar-refractivity contribution < 1.29 is 9.59 Å². The van der Waals surface area contributed by atoms with Gasteiger partial charge in [0.1, 0.15) is 0 Å². The first-order valence-corrected chi connectivity index (χ1v) is 6.39. The number of rotatable bonds is 4. The van der Waals surface area contributed by atoms with Crippen LogP contribution in [0.1, 0.15) is 23.2 Å². The molecule has 0 radical (unpaired) electrons. The first kappa shape index (κ1) is 11.3. The number of amides is 1. The summed E-state index contributed by atoms with van der Waals surface area (Å²) >= 11 is 3.35. The van der Waals surface area contributed by atoms with Gasteiger partial charge in [-0.3, -0.25) is 9.59 Å². The molecule has 0 bridgehead atoms. The summed E-state index contributed by atoms with van der Waals surface area (Å²) in [5, 5.41) is 0.921. The molecule has 1 amide bonds. The zero-order chi connectivity index (χ0) is 11.5. The predicted octanol–water partition coefficient (Wildman–Crippen LogP) is 2.39. The first-order chi connectivity index (χ1) is 7.75. The number of carbonyl (C=O) groups excluding carboxylic acids is 2. The molecule has 3 nitrogen and oxygen atoms in total. The number of unbranched alkanes of at least 4 members (excludes halogenated alkanes) is 1. The highest BCUT2D eigenvalue weighted by molar-refractivity contribution is 9.09. The lowest BCUT2D eigenvalue weighted by atomic mass is 10.1. The molecule has 2 rings (SSSR count). The number of carbonyl (C=O) groups is 2. The quantitative estimate of drug-likeness (QED) is 0.483. The minimum atomic E-state index is -0.393. The van der Waals surface area contributed by atoms with Gasteiger partial charge in [-0.25, -0.2) is 0 Å². The Labute approximate surface area is 103 Å². The molecule has 0 saturated carbocycles.